The van der Waals surface area contributed by atoms with Crippen LogP contribution in [0.1, 0.15) is 25.3 Å². The van der Waals surface area contributed by atoms with Crippen LogP contribution in [0.25, 0.3) is 0 Å². The Bertz CT molecular complexity index is 379. The quantitative estimate of drug-likeness (QED) is 0.893. The molecular formula is C12H17BrN2O. The van der Waals surface area contributed by atoms with Gasteiger partial charge in [0.2, 0.25) is 5.91 Å². The van der Waals surface area contributed by atoms with Crippen LogP contribution >= 0.6 is 15.9 Å². The van der Waals surface area contributed by atoms with Crippen LogP contribution in [-0.4, -0.2) is 11.9 Å². The zero-order chi connectivity index (χ0) is 12.1. The maximum Gasteiger partial charge on any atom is 0.241 e. The number of anilines is 1. The Labute approximate surface area is 105 Å². The van der Waals surface area contributed by atoms with E-state index in [0.29, 0.717) is 6.42 Å². The van der Waals surface area contributed by atoms with Crippen molar-refractivity contribution in [3.05, 3.63) is 28.2 Å². The van der Waals surface area contributed by atoms with Crippen molar-refractivity contribution in [2.24, 2.45) is 5.73 Å². The number of benzene rings is 1. The minimum Gasteiger partial charge on any atom is -0.324 e. The Morgan fingerprint density at radius 1 is 1.56 bits per heavy atom. The molecule has 88 valence electrons. The Morgan fingerprint density at radius 3 is 2.81 bits per heavy atom. The Hall–Kier alpha value is -0.870. The molecule has 0 heterocycles. The summed E-state index contributed by atoms with van der Waals surface area (Å²) in [6.45, 7) is 4.01. The molecule has 1 atom stereocenters. The zero-order valence-electron chi connectivity index (χ0n) is 9.59. The maximum absolute atomic E-state index is 11.7. The van der Waals surface area contributed by atoms with Crippen molar-refractivity contribution in [2.75, 3.05) is 5.32 Å². The molecule has 0 aliphatic rings. The summed E-state index contributed by atoms with van der Waals surface area (Å²) >= 11 is 3.41. The number of aryl methyl sites for hydroxylation is 1. The van der Waals surface area contributed by atoms with E-state index in [1.54, 1.807) is 0 Å². The molecule has 1 unspecified atom stereocenters. The molecule has 0 saturated heterocycles. The van der Waals surface area contributed by atoms with E-state index in [1.165, 1.54) is 0 Å². The van der Waals surface area contributed by atoms with Crippen molar-refractivity contribution in [3.8, 4) is 0 Å². The zero-order valence-corrected chi connectivity index (χ0v) is 11.2. The van der Waals surface area contributed by atoms with Gasteiger partial charge in [0.15, 0.2) is 0 Å². The standard InChI is InChI=1S/C12H17BrN2O/c1-3-4-10(14)12(16)15-11-6-5-8(2)7-9(11)13/h5-7,10H,3-4,14H2,1-2H3,(H,15,16). The molecule has 0 radical (unpaired) electrons. The summed E-state index contributed by atoms with van der Waals surface area (Å²) in [4.78, 5) is 11.7. The van der Waals surface area contributed by atoms with Gasteiger partial charge in [-0.05, 0) is 47.0 Å². The van der Waals surface area contributed by atoms with Gasteiger partial charge in [-0.15, -0.1) is 0 Å². The number of hydrogen-bond acceptors (Lipinski definition) is 2. The number of carbonyl (C=O) groups excluding carboxylic acids is 1. The first-order valence-electron chi connectivity index (χ1n) is 5.37. The topological polar surface area (TPSA) is 55.1 Å². The molecule has 0 aromatic heterocycles. The lowest BCUT2D eigenvalue weighted by Gasteiger charge is -2.12. The summed E-state index contributed by atoms with van der Waals surface area (Å²) in [5.74, 6) is -0.133. The van der Waals surface area contributed by atoms with Gasteiger partial charge in [0, 0.05) is 4.47 Å². The number of carbonyl (C=O) groups is 1. The van der Waals surface area contributed by atoms with Crippen LogP contribution in [0.3, 0.4) is 0 Å². The van der Waals surface area contributed by atoms with Crippen LogP contribution in [-0.2, 0) is 4.79 Å². The Kier molecular flexibility index (Phi) is 4.96. The van der Waals surface area contributed by atoms with Crippen LogP contribution in [0.2, 0.25) is 0 Å². The number of nitrogens with two attached hydrogens (primary N) is 1. The molecule has 1 aromatic rings. The number of amides is 1. The molecule has 0 aliphatic carbocycles. The van der Waals surface area contributed by atoms with Crippen LogP contribution < -0.4 is 11.1 Å². The highest BCUT2D eigenvalue weighted by molar-refractivity contribution is 9.10. The third-order valence-electron chi connectivity index (χ3n) is 2.32. The summed E-state index contributed by atoms with van der Waals surface area (Å²) in [6.07, 6.45) is 1.61. The highest BCUT2D eigenvalue weighted by Gasteiger charge is 2.13. The molecule has 0 bridgehead atoms. The van der Waals surface area contributed by atoms with Gasteiger partial charge in [-0.25, -0.2) is 0 Å². The summed E-state index contributed by atoms with van der Waals surface area (Å²) in [7, 11) is 0. The summed E-state index contributed by atoms with van der Waals surface area (Å²) in [6, 6.07) is 5.35. The fourth-order valence-electron chi connectivity index (χ4n) is 1.39. The van der Waals surface area contributed by atoms with Gasteiger partial charge in [-0.1, -0.05) is 19.4 Å². The normalized spacial score (nSPS) is 12.2. The molecule has 1 aromatic carbocycles. The van der Waals surface area contributed by atoms with E-state index in [4.69, 9.17) is 5.73 Å². The number of halogens is 1. The highest BCUT2D eigenvalue weighted by atomic mass is 79.9. The molecule has 0 spiro atoms. The lowest BCUT2D eigenvalue weighted by Crippen LogP contribution is -2.35. The third kappa shape index (κ3) is 3.61. The Balaban J connectivity index is 2.69. The van der Waals surface area contributed by atoms with Gasteiger partial charge in [0.1, 0.15) is 0 Å². The van der Waals surface area contributed by atoms with Crippen molar-refractivity contribution in [1.82, 2.24) is 0 Å². The lowest BCUT2D eigenvalue weighted by atomic mass is 10.1. The summed E-state index contributed by atoms with van der Waals surface area (Å²) in [5, 5.41) is 2.81. The van der Waals surface area contributed by atoms with Crippen LogP contribution in [0.15, 0.2) is 22.7 Å². The smallest absolute Gasteiger partial charge is 0.241 e. The van der Waals surface area contributed by atoms with E-state index in [1.807, 2.05) is 32.0 Å². The number of nitrogens with one attached hydrogen (secondary N) is 1. The minimum atomic E-state index is -0.432. The molecule has 16 heavy (non-hydrogen) atoms. The molecule has 3 nitrogen and oxygen atoms in total. The first kappa shape index (κ1) is 13.2. The molecule has 1 rings (SSSR count). The SMILES string of the molecule is CCCC(N)C(=O)Nc1ccc(C)cc1Br. The molecule has 0 saturated carbocycles. The van der Waals surface area contributed by atoms with Gasteiger partial charge in [-0.2, -0.15) is 0 Å². The lowest BCUT2D eigenvalue weighted by molar-refractivity contribution is -0.117. The second-order valence-electron chi connectivity index (χ2n) is 3.87. The molecular weight excluding hydrogens is 268 g/mol. The van der Waals surface area contributed by atoms with Gasteiger partial charge in [0.05, 0.1) is 11.7 Å². The first-order chi connectivity index (χ1) is 7.54. The van der Waals surface area contributed by atoms with E-state index in [0.717, 1.165) is 22.1 Å². The van der Waals surface area contributed by atoms with Crippen LogP contribution in [0.4, 0.5) is 5.69 Å². The molecule has 4 heteroatoms. The average Bonchev–Trinajstić information content (AvgIpc) is 2.22. The summed E-state index contributed by atoms with van der Waals surface area (Å²) in [5.41, 5.74) is 7.64. The number of rotatable bonds is 4. The first-order valence-corrected chi connectivity index (χ1v) is 6.16. The predicted molar refractivity (Wildman–Crippen MR) is 70.4 cm³/mol. The largest absolute Gasteiger partial charge is 0.324 e. The molecule has 3 N–H and O–H groups in total. The van der Waals surface area contributed by atoms with Gasteiger partial charge in [0.25, 0.3) is 0 Å². The number of hydrogen-bond donors (Lipinski definition) is 2. The third-order valence-corrected chi connectivity index (χ3v) is 2.97. The Morgan fingerprint density at radius 2 is 2.25 bits per heavy atom. The molecule has 1 amide bonds. The second-order valence-corrected chi connectivity index (χ2v) is 4.72. The summed E-state index contributed by atoms with van der Waals surface area (Å²) < 4.78 is 0.879. The predicted octanol–water partition coefficient (Wildman–Crippen LogP) is 2.82. The van der Waals surface area contributed by atoms with E-state index in [9.17, 15) is 4.79 Å². The van der Waals surface area contributed by atoms with Gasteiger partial charge < -0.3 is 11.1 Å². The van der Waals surface area contributed by atoms with E-state index in [2.05, 4.69) is 21.2 Å². The fraction of sp³-hybridized carbons (Fsp3) is 0.417. The van der Waals surface area contributed by atoms with E-state index >= 15 is 0 Å². The van der Waals surface area contributed by atoms with Crippen LogP contribution in [0.5, 0.6) is 0 Å². The second kappa shape index (κ2) is 6.01. The average molecular weight is 285 g/mol. The van der Waals surface area contributed by atoms with Crippen molar-refractivity contribution in [2.45, 2.75) is 32.7 Å². The van der Waals surface area contributed by atoms with Crippen molar-refractivity contribution >= 4 is 27.5 Å². The van der Waals surface area contributed by atoms with Crippen molar-refractivity contribution < 1.29 is 4.79 Å². The van der Waals surface area contributed by atoms with E-state index < -0.39 is 6.04 Å². The fourth-order valence-corrected chi connectivity index (χ4v) is 1.98. The van der Waals surface area contributed by atoms with Gasteiger partial charge >= 0.3 is 0 Å². The van der Waals surface area contributed by atoms with Gasteiger partial charge in [-0.3, -0.25) is 4.79 Å². The van der Waals surface area contributed by atoms with Crippen LogP contribution in [0, 0.1) is 6.92 Å². The minimum absolute atomic E-state index is 0.133. The molecule has 0 fully saturated rings. The monoisotopic (exact) mass is 284 g/mol. The van der Waals surface area contributed by atoms with E-state index in [-0.39, 0.29) is 5.91 Å². The molecule has 0 aliphatic heterocycles. The highest BCUT2D eigenvalue weighted by Crippen LogP contribution is 2.23. The van der Waals surface area contributed by atoms with Crippen molar-refractivity contribution in [3.63, 3.8) is 0 Å². The maximum atomic E-state index is 11.7. The van der Waals surface area contributed by atoms with Crippen molar-refractivity contribution in [1.29, 1.82) is 0 Å².